The van der Waals surface area contributed by atoms with Crippen molar-refractivity contribution in [2.75, 3.05) is 5.32 Å². The molecule has 1 saturated carbocycles. The summed E-state index contributed by atoms with van der Waals surface area (Å²) in [4.78, 5) is 24.2. The van der Waals surface area contributed by atoms with Crippen LogP contribution < -0.4 is 10.0 Å². The third-order valence-corrected chi connectivity index (χ3v) is 6.11. The van der Waals surface area contributed by atoms with Crippen LogP contribution in [0.1, 0.15) is 52.9 Å². The van der Waals surface area contributed by atoms with Gasteiger partial charge in [-0.1, -0.05) is 12.8 Å². The van der Waals surface area contributed by atoms with Crippen molar-refractivity contribution in [3.63, 3.8) is 0 Å². The quantitative estimate of drug-likeness (QED) is 0.658. The molecule has 0 unspecified atom stereocenters. The zero-order valence-corrected chi connectivity index (χ0v) is 16.8. The smallest absolute Gasteiger partial charge is 0.306 e. The second-order valence-corrected chi connectivity index (χ2v) is 8.99. The molecule has 1 aromatic rings. The maximum absolute atomic E-state index is 12.2. The van der Waals surface area contributed by atoms with Gasteiger partial charge in [0.05, 0.1) is 4.90 Å². The molecule has 1 amide bonds. The van der Waals surface area contributed by atoms with Gasteiger partial charge in [0.25, 0.3) is 5.91 Å². The molecule has 0 heterocycles. The minimum absolute atomic E-state index is 0.116. The molecule has 0 radical (unpaired) electrons. The van der Waals surface area contributed by atoms with Crippen molar-refractivity contribution in [2.45, 2.75) is 69.9 Å². The third kappa shape index (κ3) is 6.62. The van der Waals surface area contributed by atoms with E-state index >= 15 is 0 Å². The molecule has 1 aliphatic carbocycles. The summed E-state index contributed by atoms with van der Waals surface area (Å²) < 4.78 is 31.9. The monoisotopic (exact) mass is 396 g/mol. The number of esters is 1. The van der Waals surface area contributed by atoms with Crippen LogP contribution >= 0.6 is 0 Å². The first-order valence-corrected chi connectivity index (χ1v) is 10.8. The van der Waals surface area contributed by atoms with E-state index in [9.17, 15) is 18.0 Å². The Hall–Kier alpha value is -1.93. The van der Waals surface area contributed by atoms with Crippen molar-refractivity contribution >= 4 is 27.6 Å². The van der Waals surface area contributed by atoms with Crippen LogP contribution in [-0.2, 0) is 24.3 Å². The molecular formula is C19H28N2O5S. The van der Waals surface area contributed by atoms with Crippen LogP contribution in [-0.4, -0.2) is 32.4 Å². The van der Waals surface area contributed by atoms with Crippen LogP contribution in [0.3, 0.4) is 0 Å². The van der Waals surface area contributed by atoms with Gasteiger partial charge in [0.1, 0.15) is 0 Å². The Kier molecular flexibility index (Phi) is 7.38. The van der Waals surface area contributed by atoms with Crippen LogP contribution in [0.4, 0.5) is 5.69 Å². The van der Waals surface area contributed by atoms with Crippen LogP contribution in [0.5, 0.6) is 0 Å². The van der Waals surface area contributed by atoms with Crippen molar-refractivity contribution in [1.82, 2.24) is 4.72 Å². The first-order valence-electron chi connectivity index (χ1n) is 9.30. The van der Waals surface area contributed by atoms with Gasteiger partial charge in [-0.15, -0.1) is 0 Å². The highest BCUT2D eigenvalue weighted by molar-refractivity contribution is 7.89. The first kappa shape index (κ1) is 21.4. The van der Waals surface area contributed by atoms with Gasteiger partial charge in [-0.2, -0.15) is 0 Å². The number of amides is 1. The largest absolute Gasteiger partial charge is 0.453 e. The van der Waals surface area contributed by atoms with Crippen molar-refractivity contribution in [2.24, 2.45) is 5.92 Å². The number of sulfonamides is 1. The summed E-state index contributed by atoms with van der Waals surface area (Å²) in [6, 6.07) is 5.61. The lowest BCUT2D eigenvalue weighted by atomic mass is 10.0. The van der Waals surface area contributed by atoms with Gasteiger partial charge >= 0.3 is 5.97 Å². The zero-order chi connectivity index (χ0) is 20.0. The molecule has 0 aliphatic heterocycles. The molecular weight excluding hydrogens is 368 g/mol. The van der Waals surface area contributed by atoms with Crippen molar-refractivity contribution in [1.29, 1.82) is 0 Å². The van der Waals surface area contributed by atoms with Crippen LogP contribution in [0, 0.1) is 5.92 Å². The molecule has 8 heteroatoms. The SMILES string of the molecule is CC(C)NS(=O)(=O)c1ccc(NC(=O)[C@@H](C)OC(=O)CC2CCCC2)cc1. The highest BCUT2D eigenvalue weighted by atomic mass is 32.2. The summed E-state index contributed by atoms with van der Waals surface area (Å²) in [5, 5.41) is 2.63. The molecule has 1 fully saturated rings. The maximum atomic E-state index is 12.2. The van der Waals surface area contributed by atoms with Crippen LogP contribution in [0.2, 0.25) is 0 Å². The number of anilines is 1. The summed E-state index contributed by atoms with van der Waals surface area (Å²) in [5.74, 6) is -0.446. The lowest BCUT2D eigenvalue weighted by molar-refractivity contribution is -0.154. The third-order valence-electron chi connectivity index (χ3n) is 4.43. The number of ether oxygens (including phenoxy) is 1. The predicted molar refractivity (Wildman–Crippen MR) is 103 cm³/mol. The fraction of sp³-hybridized carbons (Fsp3) is 0.579. The minimum atomic E-state index is -3.58. The summed E-state index contributed by atoms with van der Waals surface area (Å²) in [5.41, 5.74) is 0.433. The molecule has 0 bridgehead atoms. The van der Waals surface area contributed by atoms with Gasteiger partial charge in [-0.3, -0.25) is 9.59 Å². The van der Waals surface area contributed by atoms with E-state index in [2.05, 4.69) is 10.0 Å². The maximum Gasteiger partial charge on any atom is 0.306 e. The number of carbonyl (C=O) groups excluding carboxylic acids is 2. The highest BCUT2D eigenvalue weighted by Crippen LogP contribution is 2.27. The van der Waals surface area contributed by atoms with E-state index in [-0.39, 0.29) is 16.9 Å². The Morgan fingerprint density at radius 2 is 1.70 bits per heavy atom. The second-order valence-electron chi connectivity index (χ2n) is 7.28. The Morgan fingerprint density at radius 3 is 2.26 bits per heavy atom. The van der Waals surface area contributed by atoms with Gasteiger partial charge in [0.2, 0.25) is 10.0 Å². The van der Waals surface area contributed by atoms with Crippen molar-refractivity contribution in [3.05, 3.63) is 24.3 Å². The van der Waals surface area contributed by atoms with E-state index in [0.717, 1.165) is 25.7 Å². The fourth-order valence-corrected chi connectivity index (χ4v) is 4.34. The summed E-state index contributed by atoms with van der Waals surface area (Å²) in [7, 11) is -3.58. The van der Waals surface area contributed by atoms with Gasteiger partial charge in [0.15, 0.2) is 6.10 Å². The standard InChI is InChI=1S/C19H28N2O5S/c1-13(2)21-27(24,25)17-10-8-16(9-11-17)20-19(23)14(3)26-18(22)12-15-6-4-5-7-15/h8-11,13-15,21H,4-7,12H2,1-3H3,(H,20,23)/t14-/m1/s1. The minimum Gasteiger partial charge on any atom is -0.453 e. The second kappa shape index (κ2) is 9.32. The lowest BCUT2D eigenvalue weighted by Crippen LogP contribution is -2.31. The molecule has 0 aromatic heterocycles. The van der Waals surface area contributed by atoms with Gasteiger partial charge < -0.3 is 10.1 Å². The normalized spacial score (nSPS) is 16.3. The number of benzene rings is 1. The van der Waals surface area contributed by atoms with E-state index in [1.807, 2.05) is 0 Å². The van der Waals surface area contributed by atoms with E-state index in [4.69, 9.17) is 4.74 Å². The molecule has 150 valence electrons. The number of nitrogens with one attached hydrogen (secondary N) is 2. The molecule has 27 heavy (non-hydrogen) atoms. The molecule has 1 aliphatic rings. The average molecular weight is 397 g/mol. The number of carbonyl (C=O) groups is 2. The van der Waals surface area contributed by atoms with Crippen LogP contribution in [0.25, 0.3) is 0 Å². The number of hydrogen-bond donors (Lipinski definition) is 2. The van der Waals surface area contributed by atoms with Crippen molar-refractivity contribution in [3.8, 4) is 0 Å². The van der Waals surface area contributed by atoms with Gasteiger partial charge in [0, 0.05) is 18.2 Å². The summed E-state index contributed by atoms with van der Waals surface area (Å²) in [6.07, 6.45) is 3.81. The van der Waals surface area contributed by atoms with Crippen molar-refractivity contribution < 1.29 is 22.7 Å². The summed E-state index contributed by atoms with van der Waals surface area (Å²) >= 11 is 0. The topological polar surface area (TPSA) is 102 Å². The first-order chi connectivity index (χ1) is 12.7. The number of hydrogen-bond acceptors (Lipinski definition) is 5. The predicted octanol–water partition coefficient (Wildman–Crippen LogP) is 2.82. The number of rotatable bonds is 8. The molecule has 2 N–H and O–H groups in total. The van der Waals surface area contributed by atoms with E-state index < -0.39 is 22.0 Å². The van der Waals surface area contributed by atoms with Gasteiger partial charge in [-0.25, -0.2) is 13.1 Å². The molecule has 0 spiro atoms. The molecule has 1 aromatic carbocycles. The Bertz CT molecular complexity index is 753. The Morgan fingerprint density at radius 1 is 1.11 bits per heavy atom. The molecule has 0 saturated heterocycles. The average Bonchev–Trinajstić information content (AvgIpc) is 3.06. The molecule has 2 rings (SSSR count). The Balaban J connectivity index is 1.88. The van der Waals surface area contributed by atoms with Gasteiger partial charge in [-0.05, 0) is 63.8 Å². The zero-order valence-electron chi connectivity index (χ0n) is 16.0. The Labute approximate surface area is 160 Å². The molecule has 7 nitrogen and oxygen atoms in total. The molecule has 1 atom stereocenters. The van der Waals surface area contributed by atoms with E-state index in [1.165, 1.54) is 31.2 Å². The van der Waals surface area contributed by atoms with E-state index in [0.29, 0.717) is 18.0 Å². The van der Waals surface area contributed by atoms with E-state index in [1.54, 1.807) is 13.8 Å². The van der Waals surface area contributed by atoms with Crippen LogP contribution in [0.15, 0.2) is 29.2 Å². The highest BCUT2D eigenvalue weighted by Gasteiger charge is 2.23. The summed E-state index contributed by atoms with van der Waals surface area (Å²) in [6.45, 7) is 5.00. The fourth-order valence-electron chi connectivity index (χ4n) is 3.09. The lowest BCUT2D eigenvalue weighted by Gasteiger charge is -2.15.